The SMILES string of the molecule is O=S(=O)(Nc1cccc2cccnc12)N1CCc2ccccc21. The number of rotatable bonds is 3. The van der Waals surface area contributed by atoms with E-state index in [1.807, 2.05) is 48.5 Å². The molecular formula is C17H15N3O2S. The predicted octanol–water partition coefficient (Wildman–Crippen LogP) is 2.95. The Morgan fingerprint density at radius 3 is 2.74 bits per heavy atom. The third kappa shape index (κ3) is 2.41. The summed E-state index contributed by atoms with van der Waals surface area (Å²) in [4.78, 5) is 4.29. The number of para-hydroxylation sites is 2. The normalized spacial score (nSPS) is 14.0. The van der Waals surface area contributed by atoms with Gasteiger partial charge in [-0.3, -0.25) is 14.0 Å². The number of nitrogens with zero attached hydrogens (tertiary/aromatic N) is 2. The van der Waals surface area contributed by atoms with Gasteiger partial charge in [0.2, 0.25) is 0 Å². The van der Waals surface area contributed by atoms with Gasteiger partial charge in [-0.15, -0.1) is 0 Å². The molecule has 0 atom stereocenters. The molecule has 0 saturated heterocycles. The molecule has 0 saturated carbocycles. The van der Waals surface area contributed by atoms with E-state index in [0.717, 1.165) is 23.1 Å². The third-order valence-electron chi connectivity index (χ3n) is 4.01. The lowest BCUT2D eigenvalue weighted by Gasteiger charge is -2.20. The molecule has 5 nitrogen and oxygen atoms in total. The van der Waals surface area contributed by atoms with Gasteiger partial charge < -0.3 is 0 Å². The molecule has 1 aromatic heterocycles. The highest BCUT2D eigenvalue weighted by Gasteiger charge is 2.29. The van der Waals surface area contributed by atoms with Gasteiger partial charge in [-0.2, -0.15) is 8.42 Å². The molecule has 1 N–H and O–H groups in total. The second-order valence-electron chi connectivity index (χ2n) is 5.44. The first-order valence-electron chi connectivity index (χ1n) is 7.37. The first kappa shape index (κ1) is 14.0. The largest absolute Gasteiger partial charge is 0.324 e. The summed E-state index contributed by atoms with van der Waals surface area (Å²) in [6.45, 7) is 0.451. The second kappa shape index (κ2) is 5.24. The summed E-state index contributed by atoms with van der Waals surface area (Å²) >= 11 is 0. The molecule has 0 spiro atoms. The molecule has 0 bridgehead atoms. The maximum absolute atomic E-state index is 12.8. The van der Waals surface area contributed by atoms with Crippen LogP contribution in [0.3, 0.4) is 0 Å². The zero-order chi connectivity index (χ0) is 15.9. The van der Waals surface area contributed by atoms with Crippen LogP contribution in [0.15, 0.2) is 60.8 Å². The van der Waals surface area contributed by atoms with E-state index < -0.39 is 10.2 Å². The first-order valence-corrected chi connectivity index (χ1v) is 8.81. The Bertz CT molecular complexity index is 981. The molecule has 3 aromatic rings. The highest BCUT2D eigenvalue weighted by molar-refractivity contribution is 7.94. The molecule has 23 heavy (non-hydrogen) atoms. The van der Waals surface area contributed by atoms with Crippen LogP contribution in [0, 0.1) is 0 Å². The molecule has 2 heterocycles. The molecule has 4 rings (SSSR count). The fourth-order valence-corrected chi connectivity index (χ4v) is 4.26. The molecule has 0 amide bonds. The topological polar surface area (TPSA) is 62.3 Å². The number of benzene rings is 2. The molecule has 1 aliphatic rings. The monoisotopic (exact) mass is 325 g/mol. The van der Waals surface area contributed by atoms with Crippen molar-refractivity contribution in [3.05, 3.63) is 66.4 Å². The zero-order valence-corrected chi connectivity index (χ0v) is 13.1. The highest BCUT2D eigenvalue weighted by Crippen LogP contribution is 2.31. The predicted molar refractivity (Wildman–Crippen MR) is 91.8 cm³/mol. The molecule has 0 fully saturated rings. The fraction of sp³-hybridized carbons (Fsp3) is 0.118. The summed E-state index contributed by atoms with van der Waals surface area (Å²) in [6, 6.07) is 16.8. The molecule has 1 aliphatic heterocycles. The molecule has 116 valence electrons. The second-order valence-corrected chi connectivity index (χ2v) is 7.03. The van der Waals surface area contributed by atoms with Crippen molar-refractivity contribution in [2.75, 3.05) is 15.6 Å². The zero-order valence-electron chi connectivity index (χ0n) is 12.3. The minimum absolute atomic E-state index is 0.451. The van der Waals surface area contributed by atoms with Gasteiger partial charge in [0.1, 0.15) is 0 Å². The Morgan fingerprint density at radius 1 is 1.00 bits per heavy atom. The molecule has 6 heteroatoms. The van der Waals surface area contributed by atoms with Crippen molar-refractivity contribution in [3.63, 3.8) is 0 Å². The van der Waals surface area contributed by atoms with E-state index in [4.69, 9.17) is 0 Å². The minimum atomic E-state index is -3.67. The Hall–Kier alpha value is -2.60. The van der Waals surface area contributed by atoms with Crippen LogP contribution in [0.4, 0.5) is 11.4 Å². The Labute approximate surface area is 134 Å². The lowest BCUT2D eigenvalue weighted by molar-refractivity contribution is 0.597. The standard InChI is InChI=1S/C17H15N3O2S/c21-23(22,20-12-10-13-5-1-2-9-16(13)20)19-15-8-3-6-14-7-4-11-18-17(14)15/h1-9,11,19H,10,12H2. The number of nitrogens with one attached hydrogen (secondary N) is 1. The maximum atomic E-state index is 12.8. The Balaban J connectivity index is 1.73. The van der Waals surface area contributed by atoms with Gasteiger partial charge in [0, 0.05) is 18.1 Å². The Kier molecular flexibility index (Phi) is 3.20. The van der Waals surface area contributed by atoms with Gasteiger partial charge in [-0.25, -0.2) is 0 Å². The quantitative estimate of drug-likeness (QED) is 0.805. The molecule has 0 unspecified atom stereocenters. The van der Waals surface area contributed by atoms with Gasteiger partial charge in [-0.05, 0) is 30.2 Å². The number of hydrogen-bond acceptors (Lipinski definition) is 3. The van der Waals surface area contributed by atoms with Gasteiger partial charge in [0.05, 0.1) is 16.9 Å². The summed E-state index contributed by atoms with van der Waals surface area (Å²) < 4.78 is 29.7. The fourth-order valence-electron chi connectivity index (χ4n) is 2.94. The summed E-state index contributed by atoms with van der Waals surface area (Å²) in [7, 11) is -3.67. The minimum Gasteiger partial charge on any atom is -0.264 e. The van der Waals surface area contributed by atoms with Crippen LogP contribution in [-0.4, -0.2) is 19.9 Å². The van der Waals surface area contributed by atoms with Crippen molar-refractivity contribution >= 4 is 32.5 Å². The number of fused-ring (bicyclic) bond motifs is 2. The van der Waals surface area contributed by atoms with Crippen LogP contribution in [0.1, 0.15) is 5.56 Å². The smallest absolute Gasteiger partial charge is 0.264 e. The summed E-state index contributed by atoms with van der Waals surface area (Å²) in [5, 5.41) is 0.898. The van der Waals surface area contributed by atoms with E-state index in [2.05, 4.69) is 9.71 Å². The van der Waals surface area contributed by atoms with E-state index in [0.29, 0.717) is 17.7 Å². The number of pyridine rings is 1. The van der Waals surface area contributed by atoms with Crippen molar-refractivity contribution in [3.8, 4) is 0 Å². The van der Waals surface area contributed by atoms with E-state index in [-0.39, 0.29) is 0 Å². The van der Waals surface area contributed by atoms with Crippen molar-refractivity contribution in [1.82, 2.24) is 4.98 Å². The average Bonchev–Trinajstić information content (AvgIpc) is 3.00. The average molecular weight is 325 g/mol. The van der Waals surface area contributed by atoms with Crippen LogP contribution in [0.5, 0.6) is 0 Å². The summed E-state index contributed by atoms with van der Waals surface area (Å²) in [5.74, 6) is 0. The lowest BCUT2D eigenvalue weighted by atomic mass is 10.2. The van der Waals surface area contributed by atoms with Crippen molar-refractivity contribution in [1.29, 1.82) is 0 Å². The molecular weight excluding hydrogens is 310 g/mol. The van der Waals surface area contributed by atoms with E-state index in [9.17, 15) is 8.42 Å². The number of anilines is 2. The number of hydrogen-bond donors (Lipinski definition) is 1. The van der Waals surface area contributed by atoms with Crippen LogP contribution in [0.25, 0.3) is 10.9 Å². The van der Waals surface area contributed by atoms with Crippen LogP contribution >= 0.6 is 0 Å². The number of aromatic nitrogens is 1. The summed E-state index contributed by atoms with van der Waals surface area (Å²) in [6.07, 6.45) is 2.39. The highest BCUT2D eigenvalue weighted by atomic mass is 32.2. The van der Waals surface area contributed by atoms with Gasteiger partial charge in [0.25, 0.3) is 0 Å². The molecule has 0 radical (unpaired) electrons. The van der Waals surface area contributed by atoms with E-state index in [1.54, 1.807) is 12.3 Å². The van der Waals surface area contributed by atoms with Crippen LogP contribution in [-0.2, 0) is 16.6 Å². The van der Waals surface area contributed by atoms with Crippen molar-refractivity contribution in [2.24, 2.45) is 0 Å². The maximum Gasteiger partial charge on any atom is 0.324 e. The molecule has 2 aromatic carbocycles. The van der Waals surface area contributed by atoms with Gasteiger partial charge in [0.15, 0.2) is 0 Å². The van der Waals surface area contributed by atoms with Crippen molar-refractivity contribution < 1.29 is 8.42 Å². The van der Waals surface area contributed by atoms with E-state index >= 15 is 0 Å². The van der Waals surface area contributed by atoms with Gasteiger partial charge >= 0.3 is 10.2 Å². The third-order valence-corrected chi connectivity index (χ3v) is 5.44. The van der Waals surface area contributed by atoms with Crippen LogP contribution < -0.4 is 9.03 Å². The van der Waals surface area contributed by atoms with Crippen LogP contribution in [0.2, 0.25) is 0 Å². The first-order chi connectivity index (χ1) is 11.1. The van der Waals surface area contributed by atoms with Crippen molar-refractivity contribution in [2.45, 2.75) is 6.42 Å². The lowest BCUT2D eigenvalue weighted by Crippen LogP contribution is -2.34. The Morgan fingerprint density at radius 2 is 1.83 bits per heavy atom. The molecule has 0 aliphatic carbocycles. The van der Waals surface area contributed by atoms with Gasteiger partial charge in [-0.1, -0.05) is 36.4 Å². The van der Waals surface area contributed by atoms with E-state index in [1.165, 1.54) is 4.31 Å². The summed E-state index contributed by atoms with van der Waals surface area (Å²) in [5.41, 5.74) is 2.93.